The van der Waals surface area contributed by atoms with Crippen LogP contribution in [0.4, 0.5) is 4.39 Å². The lowest BCUT2D eigenvalue weighted by molar-refractivity contribution is -0.137. The van der Waals surface area contributed by atoms with Gasteiger partial charge in [-0.15, -0.1) is 0 Å². The van der Waals surface area contributed by atoms with E-state index in [-0.39, 0.29) is 23.4 Å². The third-order valence-corrected chi connectivity index (χ3v) is 3.80. The minimum atomic E-state index is -0.338. The molecule has 3 nitrogen and oxygen atoms in total. The lowest BCUT2D eigenvalue weighted by Gasteiger charge is -2.30. The number of halogens is 1. The van der Waals surface area contributed by atoms with Gasteiger partial charge in [-0.05, 0) is 43.5 Å². The van der Waals surface area contributed by atoms with Crippen molar-refractivity contribution in [3.05, 3.63) is 35.6 Å². The summed E-state index contributed by atoms with van der Waals surface area (Å²) in [6.45, 7) is 3.39. The summed E-state index contributed by atoms with van der Waals surface area (Å²) in [5.41, 5.74) is 0.532. The van der Waals surface area contributed by atoms with Crippen LogP contribution >= 0.6 is 0 Å². The van der Waals surface area contributed by atoms with Gasteiger partial charge in [0.15, 0.2) is 5.78 Å². The van der Waals surface area contributed by atoms with Crippen molar-refractivity contribution in [2.24, 2.45) is 5.92 Å². The zero-order valence-electron chi connectivity index (χ0n) is 11.8. The summed E-state index contributed by atoms with van der Waals surface area (Å²) in [5.74, 6) is -0.0287. The fourth-order valence-electron chi connectivity index (χ4n) is 2.57. The number of hydrogen-bond donors (Lipinski definition) is 0. The molecule has 0 radical (unpaired) electrons. The van der Waals surface area contributed by atoms with E-state index in [2.05, 4.69) is 0 Å². The van der Waals surface area contributed by atoms with Crippen LogP contribution in [0.1, 0.15) is 43.0 Å². The Balaban J connectivity index is 1.79. The van der Waals surface area contributed by atoms with E-state index in [4.69, 9.17) is 0 Å². The minimum absolute atomic E-state index is 0.00232. The summed E-state index contributed by atoms with van der Waals surface area (Å²) >= 11 is 0. The zero-order chi connectivity index (χ0) is 14.5. The van der Waals surface area contributed by atoms with Gasteiger partial charge in [0.2, 0.25) is 5.91 Å². The van der Waals surface area contributed by atoms with Crippen LogP contribution in [-0.4, -0.2) is 29.7 Å². The Labute approximate surface area is 118 Å². The molecule has 1 aromatic rings. The minimum Gasteiger partial charge on any atom is -0.342 e. The molecule has 0 saturated carbocycles. The molecule has 1 aliphatic rings. The van der Waals surface area contributed by atoms with Crippen LogP contribution in [0.25, 0.3) is 0 Å². The number of likely N-dealkylation sites (tertiary alicyclic amines) is 1. The van der Waals surface area contributed by atoms with E-state index >= 15 is 0 Å². The molecule has 0 N–H and O–H groups in total. The molecule has 0 spiro atoms. The predicted molar refractivity (Wildman–Crippen MR) is 74.9 cm³/mol. The van der Waals surface area contributed by atoms with Gasteiger partial charge in [-0.2, -0.15) is 0 Å². The molecule has 1 unspecified atom stereocenters. The van der Waals surface area contributed by atoms with Crippen molar-refractivity contribution < 1.29 is 14.0 Å². The Morgan fingerprint density at radius 1 is 1.35 bits per heavy atom. The average Bonchev–Trinajstić information content (AvgIpc) is 2.44. The molecule has 1 aromatic carbocycles. The van der Waals surface area contributed by atoms with Crippen LogP contribution in [0.3, 0.4) is 0 Å². The second-order valence-electron chi connectivity index (χ2n) is 5.40. The fourth-order valence-corrected chi connectivity index (χ4v) is 2.57. The van der Waals surface area contributed by atoms with E-state index < -0.39 is 0 Å². The van der Waals surface area contributed by atoms with Gasteiger partial charge in [0, 0.05) is 31.0 Å². The highest BCUT2D eigenvalue weighted by atomic mass is 19.1. The first kappa shape index (κ1) is 14.7. The number of piperidine rings is 1. The molecule has 20 heavy (non-hydrogen) atoms. The molecule has 1 saturated heterocycles. The van der Waals surface area contributed by atoms with Crippen molar-refractivity contribution in [3.63, 3.8) is 0 Å². The number of Topliss-reactive ketones (excluding diaryl/α,β-unsaturated/α-hetero) is 1. The number of rotatable bonds is 5. The quantitative estimate of drug-likeness (QED) is 0.776. The summed E-state index contributed by atoms with van der Waals surface area (Å²) in [4.78, 5) is 25.7. The van der Waals surface area contributed by atoms with E-state index in [1.54, 1.807) is 0 Å². The molecule has 0 aliphatic carbocycles. The predicted octanol–water partition coefficient (Wildman–Crippen LogP) is 3.05. The third-order valence-electron chi connectivity index (χ3n) is 3.80. The van der Waals surface area contributed by atoms with Gasteiger partial charge in [0.25, 0.3) is 0 Å². The first-order valence-corrected chi connectivity index (χ1v) is 7.15. The molecule has 1 amide bonds. The molecule has 2 rings (SSSR count). The molecule has 1 fully saturated rings. The highest BCUT2D eigenvalue weighted by molar-refractivity contribution is 5.96. The summed E-state index contributed by atoms with van der Waals surface area (Å²) in [5, 5.41) is 0. The zero-order valence-corrected chi connectivity index (χ0v) is 11.8. The summed E-state index contributed by atoms with van der Waals surface area (Å²) in [6, 6.07) is 5.60. The maximum absolute atomic E-state index is 12.8. The second-order valence-corrected chi connectivity index (χ2v) is 5.40. The molecule has 0 bridgehead atoms. The standard InChI is InChI=1S/C16H20FNO2/c1-12-4-2-10-18(16(12)20)11-3-5-15(19)13-6-8-14(17)9-7-13/h6-9,12H,2-5,10-11H2,1H3. The Hall–Kier alpha value is -1.71. The lowest BCUT2D eigenvalue weighted by Crippen LogP contribution is -2.40. The van der Waals surface area contributed by atoms with Crippen LogP contribution in [0.15, 0.2) is 24.3 Å². The van der Waals surface area contributed by atoms with Crippen LogP contribution in [0.5, 0.6) is 0 Å². The lowest BCUT2D eigenvalue weighted by atomic mass is 9.98. The maximum Gasteiger partial charge on any atom is 0.225 e. The van der Waals surface area contributed by atoms with Gasteiger partial charge in [0.1, 0.15) is 5.82 Å². The maximum atomic E-state index is 12.8. The molecule has 1 heterocycles. The van der Waals surface area contributed by atoms with Crippen molar-refractivity contribution in [2.45, 2.75) is 32.6 Å². The van der Waals surface area contributed by atoms with Crippen molar-refractivity contribution >= 4 is 11.7 Å². The van der Waals surface area contributed by atoms with Crippen LogP contribution < -0.4 is 0 Å². The van der Waals surface area contributed by atoms with Gasteiger partial charge >= 0.3 is 0 Å². The Morgan fingerprint density at radius 2 is 2.05 bits per heavy atom. The van der Waals surface area contributed by atoms with Crippen LogP contribution in [0, 0.1) is 11.7 Å². The number of ketones is 1. The second kappa shape index (κ2) is 6.64. The number of hydrogen-bond acceptors (Lipinski definition) is 2. The van der Waals surface area contributed by atoms with Crippen LogP contribution in [-0.2, 0) is 4.79 Å². The normalized spacial score (nSPS) is 19.2. The summed E-state index contributed by atoms with van der Waals surface area (Å²) in [6.07, 6.45) is 3.06. The van der Waals surface area contributed by atoms with Gasteiger partial charge < -0.3 is 4.90 Å². The first-order valence-electron chi connectivity index (χ1n) is 7.15. The molecule has 1 aliphatic heterocycles. The van der Waals surface area contributed by atoms with Gasteiger partial charge in [-0.1, -0.05) is 6.92 Å². The largest absolute Gasteiger partial charge is 0.342 e. The van der Waals surface area contributed by atoms with E-state index in [0.717, 1.165) is 19.4 Å². The van der Waals surface area contributed by atoms with Gasteiger partial charge in [0.05, 0.1) is 0 Å². The van der Waals surface area contributed by atoms with Gasteiger partial charge in [-0.3, -0.25) is 9.59 Å². The number of nitrogens with zero attached hydrogens (tertiary/aromatic N) is 1. The molecule has 0 aromatic heterocycles. The van der Waals surface area contributed by atoms with Gasteiger partial charge in [-0.25, -0.2) is 4.39 Å². The smallest absolute Gasteiger partial charge is 0.225 e. The van der Waals surface area contributed by atoms with Crippen molar-refractivity contribution in [1.29, 1.82) is 0 Å². The summed E-state index contributed by atoms with van der Waals surface area (Å²) in [7, 11) is 0. The molecular formula is C16H20FNO2. The Morgan fingerprint density at radius 3 is 2.75 bits per heavy atom. The van der Waals surface area contributed by atoms with E-state index in [0.29, 0.717) is 24.9 Å². The number of carbonyl (C=O) groups is 2. The van der Waals surface area contributed by atoms with Crippen LogP contribution in [0.2, 0.25) is 0 Å². The molecule has 4 heteroatoms. The Bertz CT molecular complexity index is 484. The first-order chi connectivity index (χ1) is 9.58. The van der Waals surface area contributed by atoms with Crippen molar-refractivity contribution in [3.8, 4) is 0 Å². The van der Waals surface area contributed by atoms with E-state index in [9.17, 15) is 14.0 Å². The van der Waals surface area contributed by atoms with Crippen molar-refractivity contribution in [1.82, 2.24) is 4.90 Å². The Kier molecular flexibility index (Phi) is 4.88. The molecule has 1 atom stereocenters. The highest BCUT2D eigenvalue weighted by Gasteiger charge is 2.24. The fraction of sp³-hybridized carbons (Fsp3) is 0.500. The number of benzene rings is 1. The van der Waals surface area contributed by atoms with E-state index in [1.807, 2.05) is 11.8 Å². The topological polar surface area (TPSA) is 37.4 Å². The summed E-state index contributed by atoms with van der Waals surface area (Å²) < 4.78 is 12.8. The highest BCUT2D eigenvalue weighted by Crippen LogP contribution is 2.18. The molecule has 108 valence electrons. The third kappa shape index (κ3) is 3.65. The van der Waals surface area contributed by atoms with E-state index in [1.165, 1.54) is 24.3 Å². The SMILES string of the molecule is CC1CCCN(CCCC(=O)c2ccc(F)cc2)C1=O. The number of carbonyl (C=O) groups excluding carboxylic acids is 2. The average molecular weight is 277 g/mol. The number of amides is 1. The molecular weight excluding hydrogens is 257 g/mol. The van der Waals surface area contributed by atoms with Crippen molar-refractivity contribution in [2.75, 3.05) is 13.1 Å². The monoisotopic (exact) mass is 277 g/mol.